The molecule has 3 aromatic carbocycles. The van der Waals surface area contributed by atoms with Crippen LogP contribution in [0.1, 0.15) is 21.5 Å². The Morgan fingerprint density at radius 2 is 1.81 bits per heavy atom. The van der Waals surface area contributed by atoms with E-state index in [-0.39, 0.29) is 5.91 Å². The lowest BCUT2D eigenvalue weighted by molar-refractivity contribution is 0.102. The van der Waals surface area contributed by atoms with Crippen molar-refractivity contribution in [2.45, 2.75) is 13.5 Å². The molecule has 0 aliphatic rings. The van der Waals surface area contributed by atoms with E-state index in [1.807, 2.05) is 61.5 Å². The summed E-state index contributed by atoms with van der Waals surface area (Å²) in [6, 6.07) is 20.4. The topological polar surface area (TPSA) is 38.3 Å². The van der Waals surface area contributed by atoms with E-state index >= 15 is 0 Å². The van der Waals surface area contributed by atoms with Crippen LogP contribution >= 0.6 is 27.5 Å². The van der Waals surface area contributed by atoms with E-state index in [0.717, 1.165) is 15.6 Å². The monoisotopic (exact) mass is 429 g/mol. The summed E-state index contributed by atoms with van der Waals surface area (Å²) < 4.78 is 6.69. The molecule has 3 rings (SSSR count). The number of carbonyl (C=O) groups excluding carboxylic acids is 1. The van der Waals surface area contributed by atoms with Crippen molar-refractivity contribution in [2.75, 3.05) is 5.32 Å². The third-order valence-corrected chi connectivity index (χ3v) is 4.72. The number of ether oxygens (including phenoxy) is 1. The lowest BCUT2D eigenvalue weighted by Crippen LogP contribution is -2.14. The van der Waals surface area contributed by atoms with Crippen LogP contribution in [0.2, 0.25) is 5.02 Å². The third kappa shape index (κ3) is 4.65. The molecule has 0 aliphatic heterocycles. The van der Waals surface area contributed by atoms with Crippen molar-refractivity contribution in [3.8, 4) is 5.75 Å². The molecule has 1 N–H and O–H groups in total. The number of carbonyl (C=O) groups is 1. The molecule has 0 radical (unpaired) electrons. The zero-order chi connectivity index (χ0) is 18.5. The number of halogens is 2. The number of anilines is 1. The van der Waals surface area contributed by atoms with Crippen molar-refractivity contribution in [1.82, 2.24) is 0 Å². The fourth-order valence-electron chi connectivity index (χ4n) is 2.43. The molecule has 0 aromatic heterocycles. The highest BCUT2D eigenvalue weighted by Gasteiger charge is 2.14. The van der Waals surface area contributed by atoms with E-state index in [4.69, 9.17) is 16.3 Å². The molecular weight excluding hydrogens is 414 g/mol. The van der Waals surface area contributed by atoms with Crippen molar-refractivity contribution in [1.29, 1.82) is 0 Å². The predicted molar refractivity (Wildman–Crippen MR) is 109 cm³/mol. The molecule has 0 saturated carbocycles. The van der Waals surface area contributed by atoms with Gasteiger partial charge in [-0.15, -0.1) is 0 Å². The van der Waals surface area contributed by atoms with Gasteiger partial charge in [0.25, 0.3) is 5.91 Å². The second kappa shape index (κ2) is 8.39. The van der Waals surface area contributed by atoms with Gasteiger partial charge in [-0.05, 0) is 70.4 Å². The first-order valence-corrected chi connectivity index (χ1v) is 9.24. The third-order valence-electron chi connectivity index (χ3n) is 3.81. The Labute approximate surface area is 166 Å². The summed E-state index contributed by atoms with van der Waals surface area (Å²) in [6.45, 7) is 2.35. The van der Waals surface area contributed by atoms with Crippen molar-refractivity contribution in [3.05, 3.63) is 92.9 Å². The van der Waals surface area contributed by atoms with Crippen LogP contribution in [0.15, 0.2) is 71.2 Å². The van der Waals surface area contributed by atoms with Crippen LogP contribution in [0.25, 0.3) is 0 Å². The van der Waals surface area contributed by atoms with Gasteiger partial charge in [0.15, 0.2) is 0 Å². The molecular formula is C21H17BrClNO2. The Bertz CT molecular complexity index is 926. The molecule has 0 bridgehead atoms. The number of hydrogen-bond acceptors (Lipinski definition) is 2. The zero-order valence-electron chi connectivity index (χ0n) is 14.1. The Morgan fingerprint density at radius 1 is 1.08 bits per heavy atom. The Morgan fingerprint density at radius 3 is 2.54 bits per heavy atom. The van der Waals surface area contributed by atoms with E-state index in [2.05, 4.69) is 21.2 Å². The zero-order valence-corrected chi connectivity index (χ0v) is 16.5. The van der Waals surface area contributed by atoms with Crippen molar-refractivity contribution in [2.24, 2.45) is 0 Å². The highest BCUT2D eigenvalue weighted by atomic mass is 79.9. The molecule has 0 atom stereocenters. The van der Waals surface area contributed by atoms with Crippen LogP contribution in [0.3, 0.4) is 0 Å². The van der Waals surface area contributed by atoms with Crippen LogP contribution in [-0.4, -0.2) is 5.91 Å². The quantitative estimate of drug-likeness (QED) is 0.520. The number of hydrogen-bond donors (Lipinski definition) is 1. The van der Waals surface area contributed by atoms with Gasteiger partial charge in [-0.25, -0.2) is 0 Å². The maximum atomic E-state index is 12.7. The molecule has 0 heterocycles. The first-order valence-electron chi connectivity index (χ1n) is 8.07. The smallest absolute Gasteiger partial charge is 0.259 e. The summed E-state index contributed by atoms with van der Waals surface area (Å²) in [4.78, 5) is 12.7. The van der Waals surface area contributed by atoms with Crippen LogP contribution in [0.5, 0.6) is 5.75 Å². The average Bonchev–Trinajstić information content (AvgIpc) is 2.64. The van der Waals surface area contributed by atoms with Gasteiger partial charge in [-0.3, -0.25) is 4.79 Å². The lowest BCUT2D eigenvalue weighted by atomic mass is 10.1. The fourth-order valence-corrected chi connectivity index (χ4v) is 3.15. The van der Waals surface area contributed by atoms with Gasteiger partial charge in [-0.2, -0.15) is 0 Å². The van der Waals surface area contributed by atoms with Gasteiger partial charge >= 0.3 is 0 Å². The van der Waals surface area contributed by atoms with E-state index in [1.165, 1.54) is 0 Å². The number of benzene rings is 3. The van der Waals surface area contributed by atoms with Gasteiger partial charge in [-0.1, -0.05) is 41.9 Å². The van der Waals surface area contributed by atoms with Gasteiger partial charge in [0, 0.05) is 9.50 Å². The molecule has 3 nitrogen and oxygen atoms in total. The van der Waals surface area contributed by atoms with Crippen molar-refractivity contribution < 1.29 is 9.53 Å². The Balaban J connectivity index is 1.75. The largest absolute Gasteiger partial charge is 0.488 e. The van der Waals surface area contributed by atoms with Gasteiger partial charge in [0.1, 0.15) is 12.4 Å². The molecule has 26 heavy (non-hydrogen) atoms. The summed E-state index contributed by atoms with van der Waals surface area (Å²) in [5.41, 5.74) is 3.29. The first kappa shape index (κ1) is 18.5. The lowest BCUT2D eigenvalue weighted by Gasteiger charge is -2.13. The molecule has 1 amide bonds. The highest BCUT2D eigenvalue weighted by molar-refractivity contribution is 9.10. The second-order valence-corrected chi connectivity index (χ2v) is 7.14. The number of aryl methyl sites for hydroxylation is 1. The van der Waals surface area contributed by atoms with E-state index < -0.39 is 0 Å². The average molecular weight is 431 g/mol. The standard InChI is InChI=1S/C21H17BrClNO2/c1-14-6-11-19(18(22)12-14)24-21(25)17-4-2-3-5-20(17)26-13-15-7-9-16(23)10-8-15/h2-12H,13H2,1H3,(H,24,25). The summed E-state index contributed by atoms with van der Waals surface area (Å²) in [6.07, 6.45) is 0. The van der Waals surface area contributed by atoms with Gasteiger partial charge < -0.3 is 10.1 Å². The minimum atomic E-state index is -0.221. The molecule has 0 unspecified atom stereocenters. The number of nitrogens with one attached hydrogen (secondary N) is 1. The molecule has 0 fully saturated rings. The molecule has 0 saturated heterocycles. The molecule has 0 spiro atoms. The first-order chi connectivity index (χ1) is 12.5. The Kier molecular flexibility index (Phi) is 5.96. The van der Waals surface area contributed by atoms with Crippen molar-refractivity contribution in [3.63, 3.8) is 0 Å². The van der Waals surface area contributed by atoms with E-state index in [0.29, 0.717) is 28.6 Å². The van der Waals surface area contributed by atoms with Crippen LogP contribution in [0, 0.1) is 6.92 Å². The minimum Gasteiger partial charge on any atom is -0.488 e. The maximum absolute atomic E-state index is 12.7. The molecule has 5 heteroatoms. The fraction of sp³-hybridized carbons (Fsp3) is 0.0952. The Hall–Kier alpha value is -2.30. The predicted octanol–water partition coefficient (Wildman–Crippen LogP) is 6.24. The highest BCUT2D eigenvalue weighted by Crippen LogP contribution is 2.26. The van der Waals surface area contributed by atoms with Crippen molar-refractivity contribution >= 4 is 39.1 Å². The molecule has 0 aliphatic carbocycles. The van der Waals surface area contributed by atoms with E-state index in [1.54, 1.807) is 12.1 Å². The summed E-state index contributed by atoms with van der Waals surface area (Å²) in [5, 5.41) is 3.59. The van der Waals surface area contributed by atoms with Gasteiger partial charge in [0.05, 0.1) is 11.3 Å². The maximum Gasteiger partial charge on any atom is 0.259 e. The number of para-hydroxylation sites is 1. The van der Waals surface area contributed by atoms with Crippen LogP contribution in [0.4, 0.5) is 5.69 Å². The van der Waals surface area contributed by atoms with Crippen LogP contribution < -0.4 is 10.1 Å². The molecule has 3 aromatic rings. The minimum absolute atomic E-state index is 0.221. The molecule has 132 valence electrons. The second-order valence-electron chi connectivity index (χ2n) is 5.85. The SMILES string of the molecule is Cc1ccc(NC(=O)c2ccccc2OCc2ccc(Cl)cc2)c(Br)c1. The summed E-state index contributed by atoms with van der Waals surface area (Å²) in [7, 11) is 0. The normalized spacial score (nSPS) is 10.4. The summed E-state index contributed by atoms with van der Waals surface area (Å²) in [5.74, 6) is 0.310. The number of amides is 1. The van der Waals surface area contributed by atoms with Crippen LogP contribution in [-0.2, 0) is 6.61 Å². The van der Waals surface area contributed by atoms with E-state index in [9.17, 15) is 4.79 Å². The van der Waals surface area contributed by atoms with Gasteiger partial charge in [0.2, 0.25) is 0 Å². The number of rotatable bonds is 5. The summed E-state index contributed by atoms with van der Waals surface area (Å²) >= 11 is 9.37.